The third-order valence-corrected chi connectivity index (χ3v) is 2.32. The number of amides is 2. The van der Waals surface area contributed by atoms with Crippen molar-refractivity contribution in [3.8, 4) is 0 Å². The summed E-state index contributed by atoms with van der Waals surface area (Å²) in [4.78, 5) is 28.2. The number of carbonyl (C=O) groups excluding carboxylic acids is 2. The first-order chi connectivity index (χ1) is 7.60. The summed E-state index contributed by atoms with van der Waals surface area (Å²) in [5.41, 5.74) is 5.71. The molecule has 0 fully saturated rings. The smallest absolute Gasteiger partial charge is 0.272 e. The van der Waals surface area contributed by atoms with Crippen LogP contribution in [0.4, 0.5) is 0 Å². The molecule has 5 nitrogen and oxygen atoms in total. The van der Waals surface area contributed by atoms with Crippen LogP contribution in [-0.2, 0) is 0 Å². The van der Waals surface area contributed by atoms with Crippen LogP contribution in [0.5, 0.6) is 0 Å². The number of primary amides is 1. The lowest BCUT2D eigenvalue weighted by molar-refractivity contribution is 0.0766. The molecule has 0 radical (unpaired) electrons. The predicted molar refractivity (Wildman–Crippen MR) is 60.0 cm³/mol. The summed E-state index contributed by atoms with van der Waals surface area (Å²) < 4.78 is 0. The molecule has 0 saturated heterocycles. The van der Waals surface area contributed by atoms with Gasteiger partial charge in [-0.3, -0.25) is 14.6 Å². The van der Waals surface area contributed by atoms with Crippen molar-refractivity contribution in [1.82, 2.24) is 9.88 Å². The molecule has 0 aromatic carbocycles. The van der Waals surface area contributed by atoms with Crippen molar-refractivity contribution in [1.29, 1.82) is 0 Å². The first-order valence-corrected chi connectivity index (χ1v) is 5.15. The van der Waals surface area contributed by atoms with E-state index in [0.29, 0.717) is 24.3 Å². The van der Waals surface area contributed by atoms with Gasteiger partial charge in [0.25, 0.3) is 5.91 Å². The summed E-state index contributed by atoms with van der Waals surface area (Å²) >= 11 is 0. The molecule has 0 aliphatic rings. The Hall–Kier alpha value is -1.91. The number of rotatable bonds is 4. The van der Waals surface area contributed by atoms with E-state index in [4.69, 9.17) is 5.73 Å². The van der Waals surface area contributed by atoms with Gasteiger partial charge in [0.1, 0.15) is 5.69 Å². The van der Waals surface area contributed by atoms with E-state index < -0.39 is 5.91 Å². The van der Waals surface area contributed by atoms with Crippen molar-refractivity contribution in [2.45, 2.75) is 13.8 Å². The minimum absolute atomic E-state index is 0.138. The van der Waals surface area contributed by atoms with E-state index in [1.54, 1.807) is 4.90 Å². The van der Waals surface area contributed by atoms with Gasteiger partial charge in [0.2, 0.25) is 5.91 Å². The lowest BCUT2D eigenvalue weighted by Gasteiger charge is -2.17. The van der Waals surface area contributed by atoms with Crippen LogP contribution in [0.1, 0.15) is 34.7 Å². The van der Waals surface area contributed by atoms with Gasteiger partial charge in [0.05, 0.1) is 5.56 Å². The Labute approximate surface area is 94.3 Å². The SMILES string of the molecule is CCN(CC)C(=O)c1ccc(C(N)=O)cn1. The average molecular weight is 221 g/mol. The van der Waals surface area contributed by atoms with Crippen molar-refractivity contribution in [3.63, 3.8) is 0 Å². The molecule has 0 aliphatic heterocycles. The van der Waals surface area contributed by atoms with Crippen LogP contribution in [0.3, 0.4) is 0 Å². The summed E-state index contributed by atoms with van der Waals surface area (Å²) in [6.07, 6.45) is 1.32. The van der Waals surface area contributed by atoms with Gasteiger partial charge in [-0.2, -0.15) is 0 Å². The number of pyridine rings is 1. The van der Waals surface area contributed by atoms with E-state index in [1.165, 1.54) is 18.3 Å². The molecule has 0 aliphatic carbocycles. The fourth-order valence-electron chi connectivity index (χ4n) is 1.34. The molecule has 0 saturated carbocycles. The van der Waals surface area contributed by atoms with E-state index in [-0.39, 0.29) is 5.91 Å². The molecule has 0 spiro atoms. The minimum atomic E-state index is -0.547. The predicted octanol–water partition coefficient (Wildman–Crippen LogP) is 0.662. The van der Waals surface area contributed by atoms with Gasteiger partial charge in [-0.05, 0) is 26.0 Å². The highest BCUT2D eigenvalue weighted by Gasteiger charge is 2.13. The molecule has 1 aromatic rings. The van der Waals surface area contributed by atoms with E-state index in [1.807, 2.05) is 13.8 Å². The second-order valence-corrected chi connectivity index (χ2v) is 3.27. The highest BCUT2D eigenvalue weighted by molar-refractivity contribution is 5.95. The molecular weight excluding hydrogens is 206 g/mol. The summed E-state index contributed by atoms with van der Waals surface area (Å²) in [6.45, 7) is 5.07. The van der Waals surface area contributed by atoms with Crippen LogP contribution < -0.4 is 5.73 Å². The molecule has 86 valence electrons. The maximum Gasteiger partial charge on any atom is 0.272 e. The Morgan fingerprint density at radius 1 is 1.31 bits per heavy atom. The van der Waals surface area contributed by atoms with Crippen LogP contribution >= 0.6 is 0 Å². The normalized spacial score (nSPS) is 9.88. The highest BCUT2D eigenvalue weighted by atomic mass is 16.2. The fourth-order valence-corrected chi connectivity index (χ4v) is 1.34. The molecule has 1 rings (SSSR count). The van der Waals surface area contributed by atoms with Gasteiger partial charge in [-0.15, -0.1) is 0 Å². The van der Waals surface area contributed by atoms with Gasteiger partial charge in [-0.25, -0.2) is 0 Å². The lowest BCUT2D eigenvalue weighted by Crippen LogP contribution is -2.31. The first-order valence-electron chi connectivity index (χ1n) is 5.15. The monoisotopic (exact) mass is 221 g/mol. The third-order valence-electron chi connectivity index (χ3n) is 2.32. The van der Waals surface area contributed by atoms with Crippen LogP contribution in [0.2, 0.25) is 0 Å². The number of nitrogens with two attached hydrogens (primary N) is 1. The minimum Gasteiger partial charge on any atom is -0.366 e. The van der Waals surface area contributed by atoms with Crippen LogP contribution in [-0.4, -0.2) is 34.8 Å². The molecule has 0 bridgehead atoms. The molecule has 0 atom stereocenters. The zero-order valence-corrected chi connectivity index (χ0v) is 9.43. The van der Waals surface area contributed by atoms with Crippen LogP contribution in [0, 0.1) is 0 Å². The maximum absolute atomic E-state index is 11.8. The first kappa shape index (κ1) is 12.2. The van der Waals surface area contributed by atoms with Gasteiger partial charge in [0, 0.05) is 19.3 Å². The molecule has 0 unspecified atom stereocenters. The number of nitrogens with zero attached hydrogens (tertiary/aromatic N) is 2. The topological polar surface area (TPSA) is 76.3 Å². The molecule has 16 heavy (non-hydrogen) atoms. The molecule has 2 N–H and O–H groups in total. The summed E-state index contributed by atoms with van der Waals surface area (Å²) in [7, 11) is 0. The Morgan fingerprint density at radius 3 is 2.31 bits per heavy atom. The van der Waals surface area contributed by atoms with Crippen molar-refractivity contribution in [3.05, 3.63) is 29.6 Å². The number of aromatic nitrogens is 1. The van der Waals surface area contributed by atoms with Crippen molar-refractivity contribution < 1.29 is 9.59 Å². The Kier molecular flexibility index (Phi) is 3.99. The molecular formula is C11H15N3O2. The van der Waals surface area contributed by atoms with Crippen molar-refractivity contribution >= 4 is 11.8 Å². The van der Waals surface area contributed by atoms with Crippen molar-refractivity contribution in [2.75, 3.05) is 13.1 Å². The Morgan fingerprint density at radius 2 is 1.94 bits per heavy atom. The van der Waals surface area contributed by atoms with E-state index in [2.05, 4.69) is 4.98 Å². The van der Waals surface area contributed by atoms with Gasteiger partial charge < -0.3 is 10.6 Å². The largest absolute Gasteiger partial charge is 0.366 e. The quantitative estimate of drug-likeness (QED) is 0.811. The molecule has 2 amide bonds. The third kappa shape index (κ3) is 2.56. The second-order valence-electron chi connectivity index (χ2n) is 3.27. The second kappa shape index (κ2) is 5.25. The lowest BCUT2D eigenvalue weighted by atomic mass is 10.2. The average Bonchev–Trinajstić information content (AvgIpc) is 2.30. The maximum atomic E-state index is 11.8. The molecule has 1 aromatic heterocycles. The summed E-state index contributed by atoms with van der Waals surface area (Å²) in [5.74, 6) is -0.685. The number of hydrogen-bond donors (Lipinski definition) is 1. The highest BCUT2D eigenvalue weighted by Crippen LogP contribution is 2.03. The Balaban J connectivity index is 2.89. The molecule has 5 heteroatoms. The molecule has 1 heterocycles. The van der Waals surface area contributed by atoms with E-state index in [0.717, 1.165) is 0 Å². The standard InChI is InChI=1S/C11H15N3O2/c1-3-14(4-2)11(16)9-6-5-8(7-13-9)10(12)15/h5-7H,3-4H2,1-2H3,(H2,12,15). The van der Waals surface area contributed by atoms with Crippen LogP contribution in [0.25, 0.3) is 0 Å². The van der Waals surface area contributed by atoms with Gasteiger partial charge in [-0.1, -0.05) is 0 Å². The van der Waals surface area contributed by atoms with Crippen molar-refractivity contribution in [2.24, 2.45) is 5.73 Å². The summed E-state index contributed by atoms with van der Waals surface area (Å²) in [5, 5.41) is 0. The van der Waals surface area contributed by atoms with Crippen LogP contribution in [0.15, 0.2) is 18.3 Å². The fraction of sp³-hybridized carbons (Fsp3) is 0.364. The zero-order valence-electron chi connectivity index (χ0n) is 9.43. The van der Waals surface area contributed by atoms with Gasteiger partial charge >= 0.3 is 0 Å². The number of carbonyl (C=O) groups is 2. The zero-order chi connectivity index (χ0) is 12.1. The summed E-state index contributed by atoms with van der Waals surface area (Å²) in [6, 6.07) is 3.02. The number of hydrogen-bond acceptors (Lipinski definition) is 3. The van der Waals surface area contributed by atoms with E-state index >= 15 is 0 Å². The van der Waals surface area contributed by atoms with E-state index in [9.17, 15) is 9.59 Å². The Bertz CT molecular complexity index is 383. The van der Waals surface area contributed by atoms with Gasteiger partial charge in [0.15, 0.2) is 0 Å².